The van der Waals surface area contributed by atoms with Gasteiger partial charge in [0, 0.05) is 45.3 Å². The first-order valence-corrected chi connectivity index (χ1v) is 10.8. The predicted molar refractivity (Wildman–Crippen MR) is 115 cm³/mol. The predicted octanol–water partition coefficient (Wildman–Crippen LogP) is 2.21. The molecule has 31 heavy (non-hydrogen) atoms. The van der Waals surface area contributed by atoms with Crippen molar-refractivity contribution in [2.24, 2.45) is 0 Å². The van der Waals surface area contributed by atoms with Crippen LogP contribution in [0.5, 0.6) is 0 Å². The summed E-state index contributed by atoms with van der Waals surface area (Å²) in [5, 5.41) is 0. The van der Waals surface area contributed by atoms with Crippen molar-refractivity contribution in [3.8, 4) is 0 Å². The van der Waals surface area contributed by atoms with Gasteiger partial charge in [-0.2, -0.15) is 0 Å². The first kappa shape index (κ1) is 19.7. The van der Waals surface area contributed by atoms with Crippen LogP contribution in [0, 0.1) is 0 Å². The number of carbonyl (C=O) groups excluding carboxylic acids is 3. The summed E-state index contributed by atoms with van der Waals surface area (Å²) in [4.78, 5) is 45.8. The number of likely N-dealkylation sites (N-methyl/N-ethyl adjacent to an activating group) is 1. The van der Waals surface area contributed by atoms with Crippen LogP contribution in [0.3, 0.4) is 0 Å². The SMILES string of the molecule is CN1C(=O)[C@H]2CCCCN2c2ccc(C(=O)N3CCN(C(=O)c4ccco4)CC3)cc21. The van der Waals surface area contributed by atoms with E-state index in [4.69, 9.17) is 4.42 Å². The van der Waals surface area contributed by atoms with E-state index < -0.39 is 0 Å². The lowest BCUT2D eigenvalue weighted by molar-refractivity contribution is -0.120. The molecule has 1 aromatic heterocycles. The second kappa shape index (κ2) is 7.76. The third-order valence-corrected chi connectivity index (χ3v) is 6.60. The fourth-order valence-electron chi connectivity index (χ4n) is 4.84. The number of furan rings is 1. The molecule has 0 bridgehead atoms. The molecule has 2 aromatic rings. The Morgan fingerprint density at radius 2 is 1.68 bits per heavy atom. The zero-order valence-corrected chi connectivity index (χ0v) is 17.6. The van der Waals surface area contributed by atoms with Crippen LogP contribution in [0.2, 0.25) is 0 Å². The Bertz CT molecular complexity index is 1010. The van der Waals surface area contributed by atoms with E-state index in [9.17, 15) is 14.4 Å². The molecule has 8 nitrogen and oxygen atoms in total. The Kier molecular flexibility index (Phi) is 4.92. The Hall–Kier alpha value is -3.29. The highest BCUT2D eigenvalue weighted by Gasteiger charge is 2.38. The molecule has 0 spiro atoms. The molecule has 3 aliphatic heterocycles. The van der Waals surface area contributed by atoms with E-state index in [1.54, 1.807) is 33.9 Å². The summed E-state index contributed by atoms with van der Waals surface area (Å²) in [5.74, 6) is 0.191. The third-order valence-electron chi connectivity index (χ3n) is 6.60. The molecule has 0 radical (unpaired) electrons. The lowest BCUT2D eigenvalue weighted by Gasteiger charge is -2.44. The molecule has 0 saturated carbocycles. The van der Waals surface area contributed by atoms with Crippen LogP contribution in [0.15, 0.2) is 41.0 Å². The highest BCUT2D eigenvalue weighted by Crippen LogP contribution is 2.39. The minimum Gasteiger partial charge on any atom is -0.459 e. The van der Waals surface area contributed by atoms with Gasteiger partial charge in [-0.05, 0) is 49.6 Å². The normalized spacial score (nSPS) is 21.1. The largest absolute Gasteiger partial charge is 0.459 e. The fourth-order valence-corrected chi connectivity index (χ4v) is 4.84. The molecule has 0 aliphatic carbocycles. The highest BCUT2D eigenvalue weighted by molar-refractivity contribution is 6.07. The summed E-state index contributed by atoms with van der Waals surface area (Å²) < 4.78 is 5.19. The van der Waals surface area contributed by atoms with Gasteiger partial charge in [-0.3, -0.25) is 14.4 Å². The molecule has 5 rings (SSSR count). The number of benzene rings is 1. The highest BCUT2D eigenvalue weighted by atomic mass is 16.3. The zero-order valence-electron chi connectivity index (χ0n) is 17.6. The molecular formula is C23H26N4O4. The van der Waals surface area contributed by atoms with Crippen molar-refractivity contribution in [2.75, 3.05) is 49.6 Å². The van der Waals surface area contributed by atoms with Crippen molar-refractivity contribution < 1.29 is 18.8 Å². The average molecular weight is 422 g/mol. The van der Waals surface area contributed by atoms with Crippen LogP contribution in [-0.2, 0) is 4.79 Å². The van der Waals surface area contributed by atoms with Gasteiger partial charge in [0.15, 0.2) is 5.76 Å². The molecule has 3 aliphatic rings. The second-order valence-corrected chi connectivity index (χ2v) is 8.37. The van der Waals surface area contributed by atoms with Gasteiger partial charge < -0.3 is 24.0 Å². The topological polar surface area (TPSA) is 77.3 Å². The number of rotatable bonds is 2. The minimum absolute atomic E-state index is 0.0745. The monoisotopic (exact) mass is 422 g/mol. The first-order chi connectivity index (χ1) is 15.0. The molecule has 8 heteroatoms. The van der Waals surface area contributed by atoms with Gasteiger partial charge in [-0.15, -0.1) is 0 Å². The molecule has 2 saturated heterocycles. The minimum atomic E-state index is -0.151. The van der Waals surface area contributed by atoms with E-state index in [1.807, 2.05) is 18.2 Å². The van der Waals surface area contributed by atoms with Crippen molar-refractivity contribution in [2.45, 2.75) is 25.3 Å². The first-order valence-electron chi connectivity index (χ1n) is 10.8. The van der Waals surface area contributed by atoms with E-state index in [0.29, 0.717) is 37.5 Å². The average Bonchev–Trinajstić information content (AvgIpc) is 3.36. The van der Waals surface area contributed by atoms with Crippen LogP contribution in [0.1, 0.15) is 40.2 Å². The molecule has 0 N–H and O–H groups in total. The fraction of sp³-hybridized carbons (Fsp3) is 0.435. The van der Waals surface area contributed by atoms with E-state index in [-0.39, 0.29) is 23.8 Å². The summed E-state index contributed by atoms with van der Waals surface area (Å²) in [6.07, 6.45) is 4.51. The van der Waals surface area contributed by atoms with Crippen LogP contribution < -0.4 is 9.80 Å². The number of piperazine rings is 1. The summed E-state index contributed by atoms with van der Waals surface area (Å²) in [6.45, 7) is 2.72. The van der Waals surface area contributed by atoms with Gasteiger partial charge >= 0.3 is 0 Å². The van der Waals surface area contributed by atoms with E-state index in [2.05, 4.69) is 4.90 Å². The third kappa shape index (κ3) is 3.36. The summed E-state index contributed by atoms with van der Waals surface area (Å²) in [7, 11) is 1.79. The molecule has 0 unspecified atom stereocenters. The molecule has 4 heterocycles. The Labute approximate surface area is 181 Å². The maximum atomic E-state index is 13.1. The number of anilines is 2. The lowest BCUT2D eigenvalue weighted by Crippen LogP contribution is -2.54. The van der Waals surface area contributed by atoms with Crippen LogP contribution in [0.25, 0.3) is 0 Å². The second-order valence-electron chi connectivity index (χ2n) is 8.37. The van der Waals surface area contributed by atoms with Gasteiger partial charge in [0.1, 0.15) is 6.04 Å². The van der Waals surface area contributed by atoms with E-state index in [0.717, 1.165) is 37.2 Å². The summed E-state index contributed by atoms with van der Waals surface area (Å²) >= 11 is 0. The van der Waals surface area contributed by atoms with Crippen LogP contribution in [0.4, 0.5) is 11.4 Å². The molecule has 162 valence electrons. The number of carbonyl (C=O) groups is 3. The maximum Gasteiger partial charge on any atom is 0.289 e. The molecule has 2 fully saturated rings. The van der Waals surface area contributed by atoms with Crippen LogP contribution in [-0.4, -0.2) is 73.3 Å². The van der Waals surface area contributed by atoms with Gasteiger partial charge in [0.25, 0.3) is 11.8 Å². The molecule has 3 amide bonds. The van der Waals surface area contributed by atoms with Crippen molar-refractivity contribution in [1.29, 1.82) is 0 Å². The number of hydrogen-bond acceptors (Lipinski definition) is 5. The van der Waals surface area contributed by atoms with Gasteiger partial charge in [0.2, 0.25) is 5.91 Å². The zero-order chi connectivity index (χ0) is 21.5. The van der Waals surface area contributed by atoms with Crippen LogP contribution >= 0.6 is 0 Å². The Morgan fingerprint density at radius 1 is 0.935 bits per heavy atom. The smallest absolute Gasteiger partial charge is 0.289 e. The van der Waals surface area contributed by atoms with Gasteiger partial charge in [-0.1, -0.05) is 0 Å². The maximum absolute atomic E-state index is 13.1. The van der Waals surface area contributed by atoms with E-state index in [1.165, 1.54) is 6.26 Å². The number of piperidine rings is 1. The van der Waals surface area contributed by atoms with Crippen molar-refractivity contribution in [3.05, 3.63) is 47.9 Å². The van der Waals surface area contributed by atoms with Gasteiger partial charge in [-0.25, -0.2) is 0 Å². The molecular weight excluding hydrogens is 396 g/mol. The Balaban J connectivity index is 1.31. The number of hydrogen-bond donors (Lipinski definition) is 0. The summed E-state index contributed by atoms with van der Waals surface area (Å²) in [6, 6.07) is 8.92. The number of nitrogens with zero attached hydrogens (tertiary/aromatic N) is 4. The lowest BCUT2D eigenvalue weighted by atomic mass is 9.95. The number of fused-ring (bicyclic) bond motifs is 3. The van der Waals surface area contributed by atoms with Crippen molar-refractivity contribution in [3.63, 3.8) is 0 Å². The van der Waals surface area contributed by atoms with Crippen molar-refractivity contribution >= 4 is 29.1 Å². The quantitative estimate of drug-likeness (QED) is 0.742. The molecule has 1 atom stereocenters. The Morgan fingerprint density at radius 3 is 2.39 bits per heavy atom. The standard InChI is InChI=1S/C23H26N4O4/c1-24-19-15-16(7-8-17(19)27-9-3-2-5-18(27)22(24)29)21(28)25-10-12-26(13-11-25)23(30)20-6-4-14-31-20/h4,6-8,14-15,18H,2-3,5,9-13H2,1H3/t18-/m1/s1. The molecule has 1 aromatic carbocycles. The number of amides is 3. The van der Waals surface area contributed by atoms with Gasteiger partial charge in [0.05, 0.1) is 17.6 Å². The van der Waals surface area contributed by atoms with E-state index >= 15 is 0 Å². The van der Waals surface area contributed by atoms with Crippen molar-refractivity contribution in [1.82, 2.24) is 9.80 Å². The summed E-state index contributed by atoms with van der Waals surface area (Å²) in [5.41, 5.74) is 2.39.